The van der Waals surface area contributed by atoms with Crippen LogP contribution in [0.15, 0.2) is 18.2 Å². The molecule has 0 aliphatic carbocycles. The van der Waals surface area contributed by atoms with E-state index in [0.717, 1.165) is 0 Å². The average molecular weight is 223 g/mol. The maximum Gasteiger partial charge on any atom is 0.336 e. The highest BCUT2D eigenvalue weighted by Crippen LogP contribution is 2.15. The zero-order chi connectivity index (χ0) is 11.3. The summed E-state index contributed by atoms with van der Waals surface area (Å²) >= 11 is 5.70. The van der Waals surface area contributed by atoms with Crippen LogP contribution in [-0.4, -0.2) is 17.4 Å². The Bertz CT molecular complexity index is 455. The summed E-state index contributed by atoms with van der Waals surface area (Å²) in [5.74, 6) is 4.06. The third-order valence-electron chi connectivity index (χ3n) is 1.62. The molecule has 0 saturated heterocycles. The van der Waals surface area contributed by atoms with Gasteiger partial charge in [-0.25, -0.2) is 4.79 Å². The van der Waals surface area contributed by atoms with Crippen LogP contribution in [0.3, 0.4) is 0 Å². The number of hydrogen-bond donors (Lipinski definition) is 1. The third-order valence-corrected chi connectivity index (χ3v) is 1.86. The molecule has 0 amide bonds. The average Bonchev–Trinajstić information content (AvgIpc) is 2.18. The van der Waals surface area contributed by atoms with Crippen molar-refractivity contribution in [3.05, 3.63) is 34.3 Å². The van der Waals surface area contributed by atoms with Crippen LogP contribution in [-0.2, 0) is 4.79 Å². The minimum atomic E-state index is -1.07. The van der Waals surface area contributed by atoms with Crippen LogP contribution < -0.4 is 0 Å². The topological polar surface area (TPSA) is 54.4 Å². The standard InChI is InChI=1S/C11H7ClO3/c12-9-4-5-10(11(14)15)8(7-9)3-1-2-6-13/h4-7H,2H2,(H,14,15). The van der Waals surface area contributed by atoms with Crippen molar-refractivity contribution in [3.63, 3.8) is 0 Å². The predicted octanol–water partition coefficient (Wildman–Crippen LogP) is 1.98. The highest BCUT2D eigenvalue weighted by atomic mass is 35.5. The molecule has 1 rings (SSSR count). The smallest absolute Gasteiger partial charge is 0.336 e. The molecule has 0 atom stereocenters. The first kappa shape index (κ1) is 11.3. The number of carbonyl (C=O) groups excluding carboxylic acids is 1. The molecule has 1 aromatic rings. The zero-order valence-corrected chi connectivity index (χ0v) is 8.41. The molecule has 0 aliphatic heterocycles. The van der Waals surface area contributed by atoms with Gasteiger partial charge in [0, 0.05) is 10.6 Å². The van der Waals surface area contributed by atoms with E-state index in [1.807, 2.05) is 0 Å². The van der Waals surface area contributed by atoms with Crippen molar-refractivity contribution in [1.29, 1.82) is 0 Å². The van der Waals surface area contributed by atoms with Crippen LogP contribution >= 0.6 is 11.6 Å². The second-order valence-corrected chi connectivity index (χ2v) is 3.10. The molecule has 0 heterocycles. The summed E-state index contributed by atoms with van der Waals surface area (Å²) in [5.41, 5.74) is 0.398. The third kappa shape index (κ3) is 3.12. The molecule has 3 nitrogen and oxygen atoms in total. The number of carboxylic acids is 1. The first-order chi connectivity index (χ1) is 7.15. The lowest BCUT2D eigenvalue weighted by atomic mass is 10.1. The molecule has 0 aliphatic rings. The van der Waals surface area contributed by atoms with Crippen molar-refractivity contribution in [2.45, 2.75) is 6.42 Å². The van der Waals surface area contributed by atoms with E-state index < -0.39 is 5.97 Å². The van der Waals surface area contributed by atoms with E-state index in [0.29, 0.717) is 16.9 Å². The van der Waals surface area contributed by atoms with Gasteiger partial charge in [0.15, 0.2) is 0 Å². The fraction of sp³-hybridized carbons (Fsp3) is 0.0909. The Morgan fingerprint density at radius 2 is 2.27 bits per heavy atom. The molecular weight excluding hydrogens is 216 g/mol. The number of rotatable bonds is 2. The van der Waals surface area contributed by atoms with E-state index in [-0.39, 0.29) is 12.0 Å². The number of aldehydes is 1. The molecule has 1 aromatic carbocycles. The van der Waals surface area contributed by atoms with Crippen LogP contribution in [0.5, 0.6) is 0 Å². The van der Waals surface area contributed by atoms with Crippen molar-refractivity contribution in [1.82, 2.24) is 0 Å². The summed E-state index contributed by atoms with van der Waals surface area (Å²) in [6.45, 7) is 0. The van der Waals surface area contributed by atoms with E-state index in [9.17, 15) is 9.59 Å². The maximum absolute atomic E-state index is 10.8. The zero-order valence-electron chi connectivity index (χ0n) is 7.66. The minimum absolute atomic E-state index is 0.0750. The number of halogens is 1. The Hall–Kier alpha value is -1.79. The maximum atomic E-state index is 10.8. The highest BCUT2D eigenvalue weighted by Gasteiger charge is 2.07. The van der Waals surface area contributed by atoms with Gasteiger partial charge in [0.05, 0.1) is 12.0 Å². The Kier molecular flexibility index (Phi) is 3.90. The molecule has 0 radical (unpaired) electrons. The molecule has 0 saturated carbocycles. The van der Waals surface area contributed by atoms with E-state index in [4.69, 9.17) is 16.7 Å². The number of benzene rings is 1. The normalized spacial score (nSPS) is 8.87. The van der Waals surface area contributed by atoms with Crippen LogP contribution in [0.2, 0.25) is 5.02 Å². The molecule has 0 bridgehead atoms. The first-order valence-electron chi connectivity index (χ1n) is 4.10. The quantitative estimate of drug-likeness (QED) is 0.615. The lowest BCUT2D eigenvalue weighted by molar-refractivity contribution is -0.107. The Balaban J connectivity index is 3.14. The number of hydrogen-bond acceptors (Lipinski definition) is 2. The van der Waals surface area contributed by atoms with Gasteiger partial charge in [0.1, 0.15) is 6.29 Å². The molecule has 76 valence electrons. The van der Waals surface area contributed by atoms with Gasteiger partial charge < -0.3 is 9.90 Å². The van der Waals surface area contributed by atoms with E-state index >= 15 is 0 Å². The van der Waals surface area contributed by atoms with Crippen LogP contribution in [0, 0.1) is 11.8 Å². The van der Waals surface area contributed by atoms with Crippen molar-refractivity contribution < 1.29 is 14.7 Å². The van der Waals surface area contributed by atoms with Crippen molar-refractivity contribution in [2.24, 2.45) is 0 Å². The monoisotopic (exact) mass is 222 g/mol. The van der Waals surface area contributed by atoms with Crippen LogP contribution in [0.25, 0.3) is 0 Å². The minimum Gasteiger partial charge on any atom is -0.478 e. The molecule has 0 fully saturated rings. The fourth-order valence-electron chi connectivity index (χ4n) is 0.994. The summed E-state index contributed by atoms with van der Waals surface area (Å²) < 4.78 is 0. The van der Waals surface area contributed by atoms with Crippen molar-refractivity contribution in [2.75, 3.05) is 0 Å². The summed E-state index contributed by atoms with van der Waals surface area (Å²) in [5, 5.41) is 9.25. The lowest BCUT2D eigenvalue weighted by Crippen LogP contribution is -1.99. The van der Waals surface area contributed by atoms with Crippen LogP contribution in [0.4, 0.5) is 0 Å². The molecule has 0 spiro atoms. The van der Waals surface area contributed by atoms with Gasteiger partial charge in [-0.05, 0) is 18.2 Å². The lowest BCUT2D eigenvalue weighted by Gasteiger charge is -1.98. The molecule has 1 N–H and O–H groups in total. The number of carbonyl (C=O) groups is 2. The summed E-state index contributed by atoms with van der Waals surface area (Å²) in [7, 11) is 0. The second kappa shape index (κ2) is 5.18. The van der Waals surface area contributed by atoms with Gasteiger partial charge in [-0.3, -0.25) is 0 Å². The molecule has 4 heteroatoms. The molecule has 15 heavy (non-hydrogen) atoms. The Labute approximate surface area is 91.7 Å². The highest BCUT2D eigenvalue weighted by molar-refractivity contribution is 6.30. The van der Waals surface area contributed by atoms with Gasteiger partial charge in [-0.2, -0.15) is 0 Å². The molecule has 0 unspecified atom stereocenters. The Morgan fingerprint density at radius 3 is 2.87 bits per heavy atom. The molecular formula is C11H7ClO3. The van der Waals surface area contributed by atoms with E-state index in [1.54, 1.807) is 0 Å². The summed E-state index contributed by atoms with van der Waals surface area (Å²) in [6.07, 6.45) is 0.726. The molecule has 0 aromatic heterocycles. The van der Waals surface area contributed by atoms with Gasteiger partial charge >= 0.3 is 5.97 Å². The van der Waals surface area contributed by atoms with Crippen molar-refractivity contribution >= 4 is 23.9 Å². The van der Waals surface area contributed by atoms with E-state index in [1.165, 1.54) is 18.2 Å². The summed E-state index contributed by atoms with van der Waals surface area (Å²) in [6, 6.07) is 4.33. The van der Waals surface area contributed by atoms with E-state index in [2.05, 4.69) is 11.8 Å². The van der Waals surface area contributed by atoms with Crippen molar-refractivity contribution in [3.8, 4) is 11.8 Å². The van der Waals surface area contributed by atoms with Gasteiger partial charge in [0.2, 0.25) is 0 Å². The number of aromatic carboxylic acids is 1. The van der Waals surface area contributed by atoms with Gasteiger partial charge in [-0.1, -0.05) is 23.4 Å². The van der Waals surface area contributed by atoms with Crippen LogP contribution in [0.1, 0.15) is 22.3 Å². The number of carboxylic acid groups (broad SMARTS) is 1. The van der Waals surface area contributed by atoms with Gasteiger partial charge in [-0.15, -0.1) is 0 Å². The first-order valence-corrected chi connectivity index (χ1v) is 4.48. The predicted molar refractivity (Wildman–Crippen MR) is 56.0 cm³/mol. The van der Waals surface area contributed by atoms with Gasteiger partial charge in [0.25, 0.3) is 0 Å². The summed E-state index contributed by atoms with van der Waals surface area (Å²) in [4.78, 5) is 20.8. The largest absolute Gasteiger partial charge is 0.478 e. The second-order valence-electron chi connectivity index (χ2n) is 2.67. The SMILES string of the molecule is O=CCC#Cc1cc(Cl)ccc1C(=O)O. The fourth-order valence-corrected chi connectivity index (χ4v) is 1.17. The Morgan fingerprint density at radius 1 is 1.53 bits per heavy atom.